The first-order valence-corrected chi connectivity index (χ1v) is 4.89. The molecule has 0 aliphatic rings. The van der Waals surface area contributed by atoms with Crippen LogP contribution in [0.25, 0.3) is 0 Å². The van der Waals surface area contributed by atoms with Crippen LogP contribution < -0.4 is 10.1 Å². The normalized spacial score (nSPS) is 10.1. The lowest BCUT2D eigenvalue weighted by Gasteiger charge is -2.07. The molecule has 84 valence electrons. The SMILES string of the molecule is COc1ccc(F)c(NCc2ccco2)c1. The number of anilines is 1. The van der Waals surface area contributed by atoms with E-state index < -0.39 is 0 Å². The first-order valence-electron chi connectivity index (χ1n) is 4.89. The van der Waals surface area contributed by atoms with E-state index in [0.717, 1.165) is 5.76 Å². The van der Waals surface area contributed by atoms with E-state index in [0.29, 0.717) is 18.0 Å². The first kappa shape index (κ1) is 10.5. The average molecular weight is 221 g/mol. The molecule has 2 rings (SSSR count). The fourth-order valence-electron chi connectivity index (χ4n) is 1.36. The predicted molar refractivity (Wildman–Crippen MR) is 59.0 cm³/mol. The molecule has 0 aliphatic carbocycles. The summed E-state index contributed by atoms with van der Waals surface area (Å²) in [4.78, 5) is 0. The van der Waals surface area contributed by atoms with E-state index in [1.165, 1.54) is 6.07 Å². The van der Waals surface area contributed by atoms with Gasteiger partial charge in [0, 0.05) is 6.07 Å². The minimum absolute atomic E-state index is 0.313. The maximum absolute atomic E-state index is 13.4. The molecule has 1 aromatic heterocycles. The van der Waals surface area contributed by atoms with E-state index in [1.54, 1.807) is 31.6 Å². The number of ether oxygens (including phenoxy) is 1. The van der Waals surface area contributed by atoms with Crippen LogP contribution in [-0.2, 0) is 6.54 Å². The second-order valence-corrected chi connectivity index (χ2v) is 3.28. The summed E-state index contributed by atoms with van der Waals surface area (Å²) in [6, 6.07) is 8.17. The average Bonchev–Trinajstić information content (AvgIpc) is 2.81. The van der Waals surface area contributed by atoms with Crippen molar-refractivity contribution in [1.29, 1.82) is 0 Å². The van der Waals surface area contributed by atoms with Crippen LogP contribution in [0.4, 0.5) is 10.1 Å². The molecule has 0 bridgehead atoms. The maximum Gasteiger partial charge on any atom is 0.146 e. The molecule has 16 heavy (non-hydrogen) atoms. The number of rotatable bonds is 4. The molecular formula is C12H12FNO2. The molecule has 0 amide bonds. The van der Waals surface area contributed by atoms with Gasteiger partial charge in [0.05, 0.1) is 25.6 Å². The molecule has 0 spiro atoms. The van der Waals surface area contributed by atoms with Crippen molar-refractivity contribution in [3.05, 3.63) is 48.2 Å². The third kappa shape index (κ3) is 2.34. The Morgan fingerprint density at radius 1 is 1.38 bits per heavy atom. The van der Waals surface area contributed by atoms with Crippen LogP contribution in [0.5, 0.6) is 5.75 Å². The minimum atomic E-state index is -0.313. The highest BCUT2D eigenvalue weighted by Crippen LogP contribution is 2.21. The molecule has 0 unspecified atom stereocenters. The van der Waals surface area contributed by atoms with Gasteiger partial charge in [-0.25, -0.2) is 4.39 Å². The van der Waals surface area contributed by atoms with Gasteiger partial charge in [0.1, 0.15) is 17.3 Å². The van der Waals surface area contributed by atoms with Gasteiger partial charge in [0.25, 0.3) is 0 Å². The van der Waals surface area contributed by atoms with Crippen LogP contribution in [-0.4, -0.2) is 7.11 Å². The number of hydrogen-bond acceptors (Lipinski definition) is 3. The highest BCUT2D eigenvalue weighted by Gasteiger charge is 2.04. The molecular weight excluding hydrogens is 209 g/mol. The van der Waals surface area contributed by atoms with Crippen LogP contribution in [0, 0.1) is 5.82 Å². The first-order chi connectivity index (χ1) is 7.79. The van der Waals surface area contributed by atoms with Gasteiger partial charge in [-0.05, 0) is 24.3 Å². The van der Waals surface area contributed by atoms with Gasteiger partial charge in [0.15, 0.2) is 0 Å². The minimum Gasteiger partial charge on any atom is -0.497 e. The third-order valence-electron chi connectivity index (χ3n) is 2.21. The quantitative estimate of drug-likeness (QED) is 0.861. The Kier molecular flexibility index (Phi) is 3.10. The molecule has 2 aromatic rings. The third-order valence-corrected chi connectivity index (χ3v) is 2.21. The van der Waals surface area contributed by atoms with Gasteiger partial charge in [0.2, 0.25) is 0 Å². The van der Waals surface area contributed by atoms with E-state index in [4.69, 9.17) is 9.15 Å². The molecule has 0 saturated heterocycles. The van der Waals surface area contributed by atoms with Crippen molar-refractivity contribution in [2.24, 2.45) is 0 Å². The molecule has 3 nitrogen and oxygen atoms in total. The number of hydrogen-bond donors (Lipinski definition) is 1. The molecule has 0 atom stereocenters. The molecule has 1 heterocycles. The monoisotopic (exact) mass is 221 g/mol. The molecule has 1 N–H and O–H groups in total. The van der Waals surface area contributed by atoms with E-state index in [-0.39, 0.29) is 5.82 Å². The van der Waals surface area contributed by atoms with Gasteiger partial charge >= 0.3 is 0 Å². The summed E-state index contributed by atoms with van der Waals surface area (Å²) in [6.45, 7) is 0.442. The van der Waals surface area contributed by atoms with Crippen LogP contribution in [0.3, 0.4) is 0 Å². The summed E-state index contributed by atoms with van der Waals surface area (Å²) >= 11 is 0. The fourth-order valence-corrected chi connectivity index (χ4v) is 1.36. The molecule has 0 fully saturated rings. The Balaban J connectivity index is 2.08. The molecule has 0 saturated carbocycles. The lowest BCUT2D eigenvalue weighted by atomic mass is 10.3. The van der Waals surface area contributed by atoms with Gasteiger partial charge in [-0.2, -0.15) is 0 Å². The molecule has 4 heteroatoms. The van der Waals surface area contributed by atoms with E-state index in [2.05, 4.69) is 5.32 Å². The number of nitrogens with one attached hydrogen (secondary N) is 1. The Bertz CT molecular complexity index is 454. The Labute approximate surface area is 92.8 Å². The number of methoxy groups -OCH3 is 1. The van der Waals surface area contributed by atoms with Crippen molar-refractivity contribution >= 4 is 5.69 Å². The van der Waals surface area contributed by atoms with Crippen LogP contribution in [0.15, 0.2) is 41.0 Å². The van der Waals surface area contributed by atoms with Crippen molar-refractivity contribution in [2.45, 2.75) is 6.54 Å². The highest BCUT2D eigenvalue weighted by atomic mass is 19.1. The summed E-state index contributed by atoms with van der Waals surface area (Å²) < 4.78 is 23.5. The van der Waals surface area contributed by atoms with E-state index in [9.17, 15) is 4.39 Å². The Morgan fingerprint density at radius 3 is 2.94 bits per heavy atom. The lowest BCUT2D eigenvalue weighted by Crippen LogP contribution is -2.00. The largest absolute Gasteiger partial charge is 0.497 e. The Morgan fingerprint density at radius 2 is 2.25 bits per heavy atom. The maximum atomic E-state index is 13.4. The van der Waals surface area contributed by atoms with Crippen molar-refractivity contribution in [1.82, 2.24) is 0 Å². The zero-order valence-electron chi connectivity index (χ0n) is 8.87. The summed E-state index contributed by atoms with van der Waals surface area (Å²) in [5, 5.41) is 2.94. The molecule has 1 aromatic carbocycles. The van der Waals surface area contributed by atoms with Gasteiger partial charge < -0.3 is 14.5 Å². The zero-order valence-corrected chi connectivity index (χ0v) is 8.87. The van der Waals surface area contributed by atoms with Crippen molar-refractivity contribution in [3.8, 4) is 5.75 Å². The predicted octanol–water partition coefficient (Wildman–Crippen LogP) is 3.04. The number of halogens is 1. The standard InChI is InChI=1S/C12H12FNO2/c1-15-9-4-5-11(13)12(7-9)14-8-10-3-2-6-16-10/h2-7,14H,8H2,1H3. The van der Waals surface area contributed by atoms with Crippen LogP contribution >= 0.6 is 0 Å². The fraction of sp³-hybridized carbons (Fsp3) is 0.167. The summed E-state index contributed by atoms with van der Waals surface area (Å²) in [6.07, 6.45) is 1.58. The van der Waals surface area contributed by atoms with Crippen LogP contribution in [0.1, 0.15) is 5.76 Å². The van der Waals surface area contributed by atoms with Gasteiger partial charge in [-0.3, -0.25) is 0 Å². The van der Waals surface area contributed by atoms with E-state index >= 15 is 0 Å². The van der Waals surface area contributed by atoms with Gasteiger partial charge in [-0.15, -0.1) is 0 Å². The van der Waals surface area contributed by atoms with Crippen molar-refractivity contribution in [2.75, 3.05) is 12.4 Å². The highest BCUT2D eigenvalue weighted by molar-refractivity contribution is 5.49. The van der Waals surface area contributed by atoms with Crippen LogP contribution in [0.2, 0.25) is 0 Å². The summed E-state index contributed by atoms with van der Waals surface area (Å²) in [5.41, 5.74) is 0.399. The lowest BCUT2D eigenvalue weighted by molar-refractivity contribution is 0.414. The second-order valence-electron chi connectivity index (χ2n) is 3.28. The van der Waals surface area contributed by atoms with Crippen molar-refractivity contribution < 1.29 is 13.5 Å². The summed E-state index contributed by atoms with van der Waals surface area (Å²) in [5.74, 6) is 1.05. The number of benzene rings is 1. The molecule has 0 aliphatic heterocycles. The second kappa shape index (κ2) is 4.70. The number of furan rings is 1. The smallest absolute Gasteiger partial charge is 0.146 e. The molecule has 0 radical (unpaired) electrons. The Hall–Kier alpha value is -1.97. The van der Waals surface area contributed by atoms with E-state index in [1.807, 2.05) is 6.07 Å². The topological polar surface area (TPSA) is 34.4 Å². The van der Waals surface area contributed by atoms with Gasteiger partial charge in [-0.1, -0.05) is 0 Å². The van der Waals surface area contributed by atoms with Crippen molar-refractivity contribution in [3.63, 3.8) is 0 Å². The summed E-state index contributed by atoms with van der Waals surface area (Å²) in [7, 11) is 1.55. The zero-order chi connectivity index (χ0) is 11.4.